The molecule has 0 aromatic heterocycles. The van der Waals surface area contributed by atoms with Crippen LogP contribution in [0.5, 0.6) is 0 Å². The fourth-order valence-corrected chi connectivity index (χ4v) is 1.91. The van der Waals surface area contributed by atoms with Gasteiger partial charge in [0.05, 0.1) is 6.54 Å². The highest BCUT2D eigenvalue weighted by atomic mass is 16.1. The summed E-state index contributed by atoms with van der Waals surface area (Å²) in [6.07, 6.45) is 10.3. The van der Waals surface area contributed by atoms with Gasteiger partial charge in [-0.1, -0.05) is 39.0 Å². The largest absolute Gasteiger partial charge is 0.355 e. The number of amides is 1. The van der Waals surface area contributed by atoms with Crippen LogP contribution in [0.4, 0.5) is 0 Å². The van der Waals surface area contributed by atoms with Crippen molar-refractivity contribution in [2.75, 3.05) is 19.6 Å². The van der Waals surface area contributed by atoms with Crippen molar-refractivity contribution in [3.8, 4) is 0 Å². The van der Waals surface area contributed by atoms with Crippen LogP contribution in [-0.2, 0) is 4.79 Å². The van der Waals surface area contributed by atoms with Gasteiger partial charge in [-0.05, 0) is 31.7 Å². The maximum Gasteiger partial charge on any atom is 0.233 e. The van der Waals surface area contributed by atoms with Gasteiger partial charge in [0.1, 0.15) is 0 Å². The molecular weight excluding hydrogens is 212 g/mol. The van der Waals surface area contributed by atoms with E-state index in [0.717, 1.165) is 25.4 Å². The van der Waals surface area contributed by atoms with Gasteiger partial charge in [0.15, 0.2) is 0 Å². The van der Waals surface area contributed by atoms with Gasteiger partial charge < -0.3 is 10.6 Å². The molecule has 0 aliphatic heterocycles. The van der Waals surface area contributed by atoms with E-state index in [1.54, 1.807) is 0 Å². The number of hydrogen-bond acceptors (Lipinski definition) is 2. The standard InChI is InChI=1S/C14H28N2O/c1-2-3-4-5-6-7-10-16-14(17)12-15-11-13-8-9-13/h13,15H,2-12H2,1H3,(H,16,17). The van der Waals surface area contributed by atoms with Gasteiger partial charge in [-0.2, -0.15) is 0 Å². The second-order valence-corrected chi connectivity index (χ2v) is 5.19. The lowest BCUT2D eigenvalue weighted by Gasteiger charge is -2.06. The minimum absolute atomic E-state index is 0.152. The van der Waals surface area contributed by atoms with Crippen LogP contribution in [0.3, 0.4) is 0 Å². The molecule has 0 spiro atoms. The second kappa shape index (κ2) is 9.46. The highest BCUT2D eigenvalue weighted by molar-refractivity contribution is 5.77. The van der Waals surface area contributed by atoms with E-state index in [2.05, 4.69) is 17.6 Å². The first kappa shape index (κ1) is 14.5. The Morgan fingerprint density at radius 3 is 2.53 bits per heavy atom. The van der Waals surface area contributed by atoms with E-state index in [1.807, 2.05) is 0 Å². The van der Waals surface area contributed by atoms with Crippen molar-refractivity contribution in [3.63, 3.8) is 0 Å². The number of carbonyl (C=O) groups excluding carboxylic acids is 1. The van der Waals surface area contributed by atoms with E-state index in [1.165, 1.54) is 44.9 Å². The molecule has 1 fully saturated rings. The molecule has 0 saturated heterocycles. The zero-order chi connectivity index (χ0) is 12.3. The average Bonchev–Trinajstić information content (AvgIpc) is 3.12. The minimum Gasteiger partial charge on any atom is -0.355 e. The molecule has 0 aromatic rings. The predicted molar refractivity (Wildman–Crippen MR) is 72.0 cm³/mol. The van der Waals surface area contributed by atoms with Crippen LogP contribution in [-0.4, -0.2) is 25.5 Å². The molecule has 3 heteroatoms. The van der Waals surface area contributed by atoms with E-state index in [0.29, 0.717) is 6.54 Å². The van der Waals surface area contributed by atoms with Gasteiger partial charge >= 0.3 is 0 Å². The lowest BCUT2D eigenvalue weighted by atomic mass is 10.1. The third kappa shape index (κ3) is 9.16. The maximum atomic E-state index is 11.4. The summed E-state index contributed by atoms with van der Waals surface area (Å²) in [7, 11) is 0. The Hall–Kier alpha value is -0.570. The first-order chi connectivity index (χ1) is 8.33. The third-order valence-electron chi connectivity index (χ3n) is 3.27. The van der Waals surface area contributed by atoms with Crippen molar-refractivity contribution in [1.29, 1.82) is 0 Å². The Labute approximate surface area is 106 Å². The number of carbonyl (C=O) groups is 1. The number of unbranched alkanes of at least 4 members (excludes halogenated alkanes) is 5. The van der Waals surface area contributed by atoms with Crippen molar-refractivity contribution in [3.05, 3.63) is 0 Å². The summed E-state index contributed by atoms with van der Waals surface area (Å²) < 4.78 is 0. The molecular formula is C14H28N2O. The highest BCUT2D eigenvalue weighted by Gasteiger charge is 2.20. The summed E-state index contributed by atoms with van der Waals surface area (Å²) in [4.78, 5) is 11.4. The number of nitrogens with one attached hydrogen (secondary N) is 2. The van der Waals surface area contributed by atoms with Gasteiger partial charge in [0.2, 0.25) is 5.91 Å². The SMILES string of the molecule is CCCCCCCCNC(=O)CNCC1CC1. The third-order valence-corrected chi connectivity index (χ3v) is 3.27. The molecule has 1 aliphatic carbocycles. The first-order valence-corrected chi connectivity index (χ1v) is 7.30. The fraction of sp³-hybridized carbons (Fsp3) is 0.929. The van der Waals surface area contributed by atoms with Gasteiger partial charge in [-0.25, -0.2) is 0 Å². The second-order valence-electron chi connectivity index (χ2n) is 5.19. The van der Waals surface area contributed by atoms with Crippen molar-refractivity contribution in [2.24, 2.45) is 5.92 Å². The molecule has 100 valence electrons. The van der Waals surface area contributed by atoms with Crippen molar-refractivity contribution in [2.45, 2.75) is 58.3 Å². The van der Waals surface area contributed by atoms with Gasteiger partial charge in [0.25, 0.3) is 0 Å². The lowest BCUT2D eigenvalue weighted by molar-refractivity contribution is -0.120. The van der Waals surface area contributed by atoms with Crippen LogP contribution in [0.2, 0.25) is 0 Å². The maximum absolute atomic E-state index is 11.4. The Bertz CT molecular complexity index is 202. The Morgan fingerprint density at radius 2 is 1.82 bits per heavy atom. The molecule has 17 heavy (non-hydrogen) atoms. The van der Waals surface area contributed by atoms with E-state index >= 15 is 0 Å². The minimum atomic E-state index is 0.152. The van der Waals surface area contributed by atoms with Crippen molar-refractivity contribution < 1.29 is 4.79 Å². The van der Waals surface area contributed by atoms with E-state index in [-0.39, 0.29) is 5.91 Å². The smallest absolute Gasteiger partial charge is 0.233 e. The Kier molecular flexibility index (Phi) is 8.06. The summed E-state index contributed by atoms with van der Waals surface area (Å²) in [6.45, 7) is 4.59. The molecule has 0 bridgehead atoms. The van der Waals surface area contributed by atoms with Crippen LogP contribution >= 0.6 is 0 Å². The lowest BCUT2D eigenvalue weighted by Crippen LogP contribution is -2.35. The number of hydrogen-bond donors (Lipinski definition) is 2. The van der Waals surface area contributed by atoms with Crippen LogP contribution in [0.1, 0.15) is 58.3 Å². The van der Waals surface area contributed by atoms with Crippen LogP contribution < -0.4 is 10.6 Å². The average molecular weight is 240 g/mol. The van der Waals surface area contributed by atoms with E-state index < -0.39 is 0 Å². The van der Waals surface area contributed by atoms with Gasteiger partial charge in [-0.15, -0.1) is 0 Å². The highest BCUT2D eigenvalue weighted by Crippen LogP contribution is 2.27. The van der Waals surface area contributed by atoms with Crippen LogP contribution in [0.15, 0.2) is 0 Å². The molecule has 1 aliphatic rings. The normalized spacial score (nSPS) is 14.9. The quantitative estimate of drug-likeness (QED) is 0.545. The van der Waals surface area contributed by atoms with Crippen LogP contribution in [0.25, 0.3) is 0 Å². The molecule has 0 radical (unpaired) electrons. The van der Waals surface area contributed by atoms with E-state index in [9.17, 15) is 4.79 Å². The first-order valence-electron chi connectivity index (χ1n) is 7.30. The Morgan fingerprint density at radius 1 is 1.12 bits per heavy atom. The molecule has 1 saturated carbocycles. The summed E-state index contributed by atoms with van der Waals surface area (Å²) in [5, 5.41) is 6.17. The number of rotatable bonds is 11. The zero-order valence-corrected chi connectivity index (χ0v) is 11.3. The molecule has 0 heterocycles. The molecule has 2 N–H and O–H groups in total. The predicted octanol–water partition coefficient (Wildman–Crippen LogP) is 2.46. The molecule has 3 nitrogen and oxygen atoms in total. The van der Waals surface area contributed by atoms with Crippen molar-refractivity contribution in [1.82, 2.24) is 10.6 Å². The van der Waals surface area contributed by atoms with Gasteiger partial charge in [-0.3, -0.25) is 4.79 Å². The summed E-state index contributed by atoms with van der Waals surface area (Å²) >= 11 is 0. The molecule has 0 unspecified atom stereocenters. The van der Waals surface area contributed by atoms with Crippen molar-refractivity contribution >= 4 is 5.91 Å². The monoisotopic (exact) mass is 240 g/mol. The van der Waals surface area contributed by atoms with E-state index in [4.69, 9.17) is 0 Å². The summed E-state index contributed by atoms with van der Waals surface area (Å²) in [5.41, 5.74) is 0. The summed E-state index contributed by atoms with van der Waals surface area (Å²) in [5.74, 6) is 1.00. The fourth-order valence-electron chi connectivity index (χ4n) is 1.91. The molecule has 0 aromatic carbocycles. The Balaban J connectivity index is 1.76. The topological polar surface area (TPSA) is 41.1 Å². The van der Waals surface area contributed by atoms with Gasteiger partial charge in [0, 0.05) is 6.54 Å². The summed E-state index contributed by atoms with van der Waals surface area (Å²) in [6, 6.07) is 0. The molecule has 0 atom stereocenters. The zero-order valence-electron chi connectivity index (χ0n) is 11.3. The molecule has 1 amide bonds. The molecule has 1 rings (SSSR count). The van der Waals surface area contributed by atoms with Crippen LogP contribution in [0, 0.1) is 5.92 Å².